The Balaban J connectivity index is 2.91. The molecule has 0 aromatic carbocycles. The Hall–Kier alpha value is -1.32. The fraction of sp³-hybridized carbons (Fsp3) is 0.667. The topological polar surface area (TPSA) is 41.0 Å². The molecule has 0 spiro atoms. The summed E-state index contributed by atoms with van der Waals surface area (Å²) in [4.78, 5) is 11.1. The van der Waals surface area contributed by atoms with Crippen LogP contribution in [0.4, 0.5) is 11.6 Å². The van der Waals surface area contributed by atoms with Crippen LogP contribution in [0.2, 0.25) is 0 Å². The minimum Gasteiger partial charge on any atom is -0.370 e. The van der Waals surface area contributed by atoms with Crippen LogP contribution in [0.1, 0.15) is 33.0 Å². The van der Waals surface area contributed by atoms with E-state index < -0.39 is 0 Å². The van der Waals surface area contributed by atoms with Crippen molar-refractivity contribution in [1.82, 2.24) is 9.97 Å². The number of hydrogen-bond acceptors (Lipinski definition) is 4. The predicted octanol–water partition coefficient (Wildman–Crippen LogP) is 2.32. The zero-order valence-corrected chi connectivity index (χ0v) is 10.7. The molecule has 0 atom stereocenters. The SMILES string of the molecule is CCCNc1cc(N(C)CC)nc(CC)n1. The van der Waals surface area contributed by atoms with E-state index in [4.69, 9.17) is 0 Å². The summed E-state index contributed by atoms with van der Waals surface area (Å²) in [6.45, 7) is 8.25. The number of aryl methyl sites for hydroxylation is 1. The Kier molecular flexibility index (Phi) is 5.02. The van der Waals surface area contributed by atoms with Gasteiger partial charge in [0.15, 0.2) is 0 Å². The Morgan fingerprint density at radius 3 is 2.56 bits per heavy atom. The van der Waals surface area contributed by atoms with Crippen molar-refractivity contribution in [3.8, 4) is 0 Å². The van der Waals surface area contributed by atoms with Crippen molar-refractivity contribution in [2.75, 3.05) is 30.4 Å². The van der Waals surface area contributed by atoms with E-state index in [1.54, 1.807) is 0 Å². The van der Waals surface area contributed by atoms with E-state index in [2.05, 4.69) is 41.0 Å². The maximum atomic E-state index is 4.51. The molecule has 1 aromatic heterocycles. The summed E-state index contributed by atoms with van der Waals surface area (Å²) in [5, 5.41) is 3.31. The predicted molar refractivity (Wildman–Crippen MR) is 69.1 cm³/mol. The third-order valence-corrected chi connectivity index (χ3v) is 2.50. The third-order valence-electron chi connectivity index (χ3n) is 2.50. The summed E-state index contributed by atoms with van der Waals surface area (Å²) in [6.07, 6.45) is 1.97. The zero-order chi connectivity index (χ0) is 12.0. The average molecular weight is 222 g/mol. The fourth-order valence-electron chi connectivity index (χ4n) is 1.34. The minimum absolute atomic E-state index is 0.867. The maximum absolute atomic E-state index is 4.51. The molecule has 0 radical (unpaired) electrons. The summed E-state index contributed by atoms with van der Waals surface area (Å²) in [5.41, 5.74) is 0. The van der Waals surface area contributed by atoms with Crippen molar-refractivity contribution in [1.29, 1.82) is 0 Å². The number of nitrogens with zero attached hydrogens (tertiary/aromatic N) is 3. The summed E-state index contributed by atoms with van der Waals surface area (Å²) in [5.74, 6) is 2.83. The van der Waals surface area contributed by atoms with Gasteiger partial charge in [0.25, 0.3) is 0 Å². The minimum atomic E-state index is 0.867. The summed E-state index contributed by atoms with van der Waals surface area (Å²) in [6, 6.07) is 2.01. The molecule has 1 heterocycles. The first kappa shape index (κ1) is 12.7. The van der Waals surface area contributed by atoms with Gasteiger partial charge >= 0.3 is 0 Å². The van der Waals surface area contributed by atoms with Crippen molar-refractivity contribution in [2.24, 2.45) is 0 Å². The van der Waals surface area contributed by atoms with Gasteiger partial charge in [-0.15, -0.1) is 0 Å². The molecule has 0 saturated heterocycles. The maximum Gasteiger partial charge on any atom is 0.134 e. The van der Waals surface area contributed by atoms with Crippen LogP contribution in [-0.2, 0) is 6.42 Å². The second-order valence-electron chi connectivity index (χ2n) is 3.82. The van der Waals surface area contributed by atoms with Crippen LogP contribution in [0.3, 0.4) is 0 Å². The second kappa shape index (κ2) is 6.30. The van der Waals surface area contributed by atoms with Crippen LogP contribution in [0, 0.1) is 0 Å². The van der Waals surface area contributed by atoms with Crippen LogP contribution >= 0.6 is 0 Å². The van der Waals surface area contributed by atoms with Gasteiger partial charge in [-0.1, -0.05) is 13.8 Å². The lowest BCUT2D eigenvalue weighted by atomic mass is 10.4. The lowest BCUT2D eigenvalue weighted by Crippen LogP contribution is -2.19. The van der Waals surface area contributed by atoms with Gasteiger partial charge in [0.2, 0.25) is 0 Å². The van der Waals surface area contributed by atoms with Gasteiger partial charge in [0, 0.05) is 32.6 Å². The third kappa shape index (κ3) is 3.36. The Morgan fingerprint density at radius 1 is 1.25 bits per heavy atom. The average Bonchev–Trinajstić information content (AvgIpc) is 2.34. The van der Waals surface area contributed by atoms with Gasteiger partial charge in [-0.2, -0.15) is 0 Å². The van der Waals surface area contributed by atoms with Crippen LogP contribution in [0.5, 0.6) is 0 Å². The molecule has 0 bridgehead atoms. The Bertz CT molecular complexity index is 325. The monoisotopic (exact) mass is 222 g/mol. The molecule has 90 valence electrons. The van der Waals surface area contributed by atoms with Gasteiger partial charge in [-0.05, 0) is 13.3 Å². The molecule has 1 aromatic rings. The van der Waals surface area contributed by atoms with Crippen molar-refractivity contribution < 1.29 is 0 Å². The van der Waals surface area contributed by atoms with Gasteiger partial charge in [0.05, 0.1) is 0 Å². The number of aromatic nitrogens is 2. The van der Waals surface area contributed by atoms with E-state index in [0.717, 1.165) is 43.4 Å². The molecule has 0 fully saturated rings. The highest BCUT2D eigenvalue weighted by Crippen LogP contribution is 2.14. The molecule has 0 aliphatic carbocycles. The molecule has 0 unspecified atom stereocenters. The molecule has 1 rings (SSSR count). The molecule has 0 aliphatic rings. The summed E-state index contributed by atoms with van der Waals surface area (Å²) < 4.78 is 0. The van der Waals surface area contributed by atoms with Gasteiger partial charge in [0.1, 0.15) is 17.5 Å². The fourth-order valence-corrected chi connectivity index (χ4v) is 1.34. The van der Waals surface area contributed by atoms with Crippen LogP contribution in [-0.4, -0.2) is 30.1 Å². The molecule has 0 amide bonds. The first-order chi connectivity index (χ1) is 7.71. The van der Waals surface area contributed by atoms with Gasteiger partial charge < -0.3 is 10.2 Å². The van der Waals surface area contributed by atoms with Crippen molar-refractivity contribution in [3.05, 3.63) is 11.9 Å². The van der Waals surface area contributed by atoms with Crippen LogP contribution in [0.25, 0.3) is 0 Å². The molecule has 4 nitrogen and oxygen atoms in total. The first-order valence-corrected chi connectivity index (χ1v) is 6.04. The summed E-state index contributed by atoms with van der Waals surface area (Å²) >= 11 is 0. The number of anilines is 2. The van der Waals surface area contributed by atoms with Gasteiger partial charge in [-0.3, -0.25) is 0 Å². The van der Waals surface area contributed by atoms with E-state index in [1.807, 2.05) is 13.1 Å². The molecule has 4 heteroatoms. The highest BCUT2D eigenvalue weighted by Gasteiger charge is 2.05. The second-order valence-corrected chi connectivity index (χ2v) is 3.82. The molecule has 0 aliphatic heterocycles. The highest BCUT2D eigenvalue weighted by atomic mass is 15.2. The number of rotatable bonds is 6. The Labute approximate surface area is 98.1 Å². The molecule has 1 N–H and O–H groups in total. The van der Waals surface area contributed by atoms with Crippen molar-refractivity contribution in [3.63, 3.8) is 0 Å². The largest absolute Gasteiger partial charge is 0.370 e. The standard InChI is InChI=1S/C12H22N4/c1-5-8-13-11-9-12(16(4)7-3)15-10(6-2)14-11/h9H,5-8H2,1-4H3,(H,13,14,15). The number of hydrogen-bond donors (Lipinski definition) is 1. The molecule has 16 heavy (non-hydrogen) atoms. The van der Waals surface area contributed by atoms with Crippen molar-refractivity contribution in [2.45, 2.75) is 33.6 Å². The molecule has 0 saturated carbocycles. The van der Waals surface area contributed by atoms with Crippen molar-refractivity contribution >= 4 is 11.6 Å². The summed E-state index contributed by atoms with van der Waals surface area (Å²) in [7, 11) is 2.05. The van der Waals surface area contributed by atoms with Crippen LogP contribution < -0.4 is 10.2 Å². The normalized spacial score (nSPS) is 10.2. The smallest absolute Gasteiger partial charge is 0.134 e. The van der Waals surface area contributed by atoms with E-state index >= 15 is 0 Å². The Morgan fingerprint density at radius 2 is 2.00 bits per heavy atom. The molecular weight excluding hydrogens is 200 g/mol. The number of nitrogens with one attached hydrogen (secondary N) is 1. The highest BCUT2D eigenvalue weighted by molar-refractivity contribution is 5.48. The molecular formula is C12H22N4. The van der Waals surface area contributed by atoms with E-state index in [1.165, 1.54) is 0 Å². The van der Waals surface area contributed by atoms with Gasteiger partial charge in [-0.25, -0.2) is 9.97 Å². The zero-order valence-electron chi connectivity index (χ0n) is 10.7. The van der Waals surface area contributed by atoms with E-state index in [9.17, 15) is 0 Å². The lowest BCUT2D eigenvalue weighted by Gasteiger charge is -2.17. The van der Waals surface area contributed by atoms with E-state index in [0.29, 0.717) is 0 Å². The van der Waals surface area contributed by atoms with Crippen LogP contribution in [0.15, 0.2) is 6.07 Å². The first-order valence-electron chi connectivity index (χ1n) is 6.04. The quantitative estimate of drug-likeness (QED) is 0.802. The van der Waals surface area contributed by atoms with E-state index in [-0.39, 0.29) is 0 Å². The lowest BCUT2D eigenvalue weighted by molar-refractivity contribution is 0.874.